The molecule has 0 radical (unpaired) electrons. The van der Waals surface area contributed by atoms with Crippen LogP contribution in [0.4, 0.5) is 0 Å². The summed E-state index contributed by atoms with van der Waals surface area (Å²) in [6.45, 7) is 4.69. The van der Waals surface area contributed by atoms with Gasteiger partial charge in [-0.1, -0.05) is 30.3 Å². The molecule has 24 heavy (non-hydrogen) atoms. The third kappa shape index (κ3) is 3.40. The number of carbonyl (C=O) groups excluding carboxylic acids is 1. The van der Waals surface area contributed by atoms with Crippen molar-refractivity contribution in [2.75, 3.05) is 6.54 Å². The van der Waals surface area contributed by atoms with Crippen LogP contribution in [0.3, 0.4) is 0 Å². The Morgan fingerprint density at radius 2 is 2.00 bits per heavy atom. The monoisotopic (exact) mass is 325 g/mol. The van der Waals surface area contributed by atoms with E-state index in [0.29, 0.717) is 11.5 Å². The number of likely N-dealkylation sites (tertiary alicyclic amines) is 1. The Bertz CT molecular complexity index is 783. The van der Waals surface area contributed by atoms with Gasteiger partial charge in [-0.3, -0.25) is 14.2 Å². The minimum Gasteiger partial charge on any atom is -0.338 e. The lowest BCUT2D eigenvalue weighted by Crippen LogP contribution is -2.44. The molecule has 5 heteroatoms. The number of nitrogens with zero attached hydrogens (tertiary/aromatic N) is 3. The largest absolute Gasteiger partial charge is 0.338 e. The lowest BCUT2D eigenvalue weighted by atomic mass is 10.0. The van der Waals surface area contributed by atoms with E-state index in [1.807, 2.05) is 35.2 Å². The highest BCUT2D eigenvalue weighted by atomic mass is 16.2. The number of carbonyl (C=O) groups is 1. The predicted molar refractivity (Wildman–Crippen MR) is 93.7 cm³/mol. The molecular weight excluding hydrogens is 302 g/mol. The van der Waals surface area contributed by atoms with Crippen LogP contribution in [-0.2, 0) is 11.3 Å². The highest BCUT2D eigenvalue weighted by molar-refractivity contribution is 5.77. The molecule has 5 nitrogen and oxygen atoms in total. The van der Waals surface area contributed by atoms with Crippen LogP contribution >= 0.6 is 0 Å². The second kappa shape index (κ2) is 6.99. The third-order valence-electron chi connectivity index (χ3n) is 4.58. The minimum atomic E-state index is -0.181. The van der Waals surface area contributed by atoms with E-state index < -0.39 is 0 Å². The van der Waals surface area contributed by atoms with Gasteiger partial charge >= 0.3 is 0 Å². The van der Waals surface area contributed by atoms with Crippen molar-refractivity contribution < 1.29 is 4.79 Å². The van der Waals surface area contributed by atoms with Crippen molar-refractivity contribution in [3.63, 3.8) is 0 Å². The summed E-state index contributed by atoms with van der Waals surface area (Å²) in [4.78, 5) is 31.6. The van der Waals surface area contributed by atoms with Gasteiger partial charge in [-0.05, 0) is 33.1 Å². The van der Waals surface area contributed by atoms with Gasteiger partial charge in [-0.2, -0.15) is 0 Å². The second-order valence-electron chi connectivity index (χ2n) is 6.44. The molecule has 1 saturated heterocycles. The molecule has 0 spiro atoms. The van der Waals surface area contributed by atoms with Crippen molar-refractivity contribution in [2.24, 2.45) is 0 Å². The van der Waals surface area contributed by atoms with Crippen molar-refractivity contribution in [3.05, 3.63) is 52.4 Å². The summed E-state index contributed by atoms with van der Waals surface area (Å²) < 4.78 is 1.49. The quantitative estimate of drug-likeness (QED) is 0.872. The van der Waals surface area contributed by atoms with Gasteiger partial charge in [-0.15, -0.1) is 0 Å². The Morgan fingerprint density at radius 3 is 2.71 bits per heavy atom. The van der Waals surface area contributed by atoms with E-state index in [1.54, 1.807) is 6.92 Å². The topological polar surface area (TPSA) is 55.2 Å². The first-order valence-electron chi connectivity index (χ1n) is 8.49. The molecule has 0 saturated carbocycles. The predicted octanol–water partition coefficient (Wildman–Crippen LogP) is 2.62. The van der Waals surface area contributed by atoms with Crippen LogP contribution < -0.4 is 5.56 Å². The third-order valence-corrected chi connectivity index (χ3v) is 4.58. The molecule has 2 heterocycles. The van der Waals surface area contributed by atoms with Crippen LogP contribution in [0.5, 0.6) is 0 Å². The van der Waals surface area contributed by atoms with E-state index in [1.165, 1.54) is 10.6 Å². The van der Waals surface area contributed by atoms with Crippen LogP contribution in [0.25, 0.3) is 11.4 Å². The van der Waals surface area contributed by atoms with E-state index in [2.05, 4.69) is 11.9 Å². The molecule has 126 valence electrons. The summed E-state index contributed by atoms with van der Waals surface area (Å²) in [5.74, 6) is 0.547. The van der Waals surface area contributed by atoms with Crippen molar-refractivity contribution in [2.45, 2.75) is 45.7 Å². The summed E-state index contributed by atoms with van der Waals surface area (Å²) in [6, 6.07) is 11.3. The number of hydrogen-bond acceptors (Lipinski definition) is 3. The minimum absolute atomic E-state index is 0.00728. The fourth-order valence-electron chi connectivity index (χ4n) is 3.28. The average Bonchev–Trinajstić information content (AvgIpc) is 2.58. The van der Waals surface area contributed by atoms with Crippen molar-refractivity contribution in [1.82, 2.24) is 14.5 Å². The van der Waals surface area contributed by atoms with Crippen LogP contribution in [-0.4, -0.2) is 32.9 Å². The molecule has 0 aliphatic carbocycles. The average molecular weight is 325 g/mol. The van der Waals surface area contributed by atoms with Crippen molar-refractivity contribution >= 4 is 5.91 Å². The fourth-order valence-corrected chi connectivity index (χ4v) is 3.28. The second-order valence-corrected chi connectivity index (χ2v) is 6.44. The maximum atomic E-state index is 12.7. The van der Waals surface area contributed by atoms with Crippen LogP contribution in [0.2, 0.25) is 0 Å². The van der Waals surface area contributed by atoms with Gasteiger partial charge in [0, 0.05) is 29.9 Å². The molecular formula is C19H23N3O2. The number of hydrogen-bond donors (Lipinski definition) is 0. The summed E-state index contributed by atoms with van der Waals surface area (Å²) >= 11 is 0. The van der Waals surface area contributed by atoms with Crippen molar-refractivity contribution in [1.29, 1.82) is 0 Å². The molecule has 3 rings (SSSR count). The van der Waals surface area contributed by atoms with Crippen molar-refractivity contribution in [3.8, 4) is 11.4 Å². The molecule has 0 bridgehead atoms. The normalized spacial score (nSPS) is 17.8. The summed E-state index contributed by atoms with van der Waals surface area (Å²) in [5, 5.41) is 0. The van der Waals surface area contributed by atoms with Gasteiger partial charge < -0.3 is 4.90 Å². The molecule has 1 fully saturated rings. The van der Waals surface area contributed by atoms with Crippen LogP contribution in [0.1, 0.15) is 31.9 Å². The molecule has 1 atom stereocenters. The zero-order chi connectivity index (χ0) is 17.1. The zero-order valence-corrected chi connectivity index (χ0v) is 14.2. The van der Waals surface area contributed by atoms with Gasteiger partial charge in [0.25, 0.3) is 5.56 Å². The fraction of sp³-hybridized carbons (Fsp3) is 0.421. The highest BCUT2D eigenvalue weighted by Crippen LogP contribution is 2.19. The lowest BCUT2D eigenvalue weighted by molar-refractivity contribution is -0.135. The van der Waals surface area contributed by atoms with Gasteiger partial charge in [0.05, 0.1) is 0 Å². The van der Waals surface area contributed by atoms with Crippen LogP contribution in [0, 0.1) is 6.92 Å². The molecule has 1 aromatic heterocycles. The number of rotatable bonds is 3. The number of benzene rings is 1. The van der Waals surface area contributed by atoms with Gasteiger partial charge in [0.1, 0.15) is 12.4 Å². The molecule has 1 amide bonds. The lowest BCUT2D eigenvalue weighted by Gasteiger charge is -2.33. The first kappa shape index (κ1) is 16.4. The summed E-state index contributed by atoms with van der Waals surface area (Å²) in [6.07, 6.45) is 3.22. The van der Waals surface area contributed by atoms with E-state index in [0.717, 1.165) is 31.4 Å². The standard InChI is InChI=1S/C19H23N3O2/c1-14-12-17(23)22(19(20-14)16-9-4-3-5-10-16)13-18(24)21-11-7-6-8-15(21)2/h3-5,9-10,12,15H,6-8,11,13H2,1-2H3/t15-/m0/s1. The summed E-state index contributed by atoms with van der Waals surface area (Å²) in [7, 11) is 0. The zero-order valence-electron chi connectivity index (χ0n) is 14.2. The van der Waals surface area contributed by atoms with Gasteiger partial charge in [-0.25, -0.2) is 4.98 Å². The number of piperidine rings is 1. The van der Waals surface area contributed by atoms with E-state index in [-0.39, 0.29) is 24.1 Å². The number of aromatic nitrogens is 2. The van der Waals surface area contributed by atoms with E-state index in [9.17, 15) is 9.59 Å². The van der Waals surface area contributed by atoms with E-state index >= 15 is 0 Å². The Balaban J connectivity index is 1.95. The first-order chi connectivity index (χ1) is 11.6. The van der Waals surface area contributed by atoms with Gasteiger partial charge in [0.15, 0.2) is 0 Å². The van der Waals surface area contributed by atoms with E-state index in [4.69, 9.17) is 0 Å². The highest BCUT2D eigenvalue weighted by Gasteiger charge is 2.24. The molecule has 2 aromatic rings. The maximum absolute atomic E-state index is 12.7. The van der Waals surface area contributed by atoms with Crippen LogP contribution in [0.15, 0.2) is 41.2 Å². The number of amides is 1. The molecule has 1 aliphatic heterocycles. The molecule has 1 aromatic carbocycles. The Morgan fingerprint density at radius 1 is 1.25 bits per heavy atom. The first-order valence-corrected chi connectivity index (χ1v) is 8.49. The molecule has 1 aliphatic rings. The maximum Gasteiger partial charge on any atom is 0.254 e. The number of aryl methyl sites for hydroxylation is 1. The molecule has 0 unspecified atom stereocenters. The summed E-state index contributed by atoms with van der Waals surface area (Å²) in [5.41, 5.74) is 1.33. The SMILES string of the molecule is Cc1cc(=O)n(CC(=O)N2CCCC[C@@H]2C)c(-c2ccccc2)n1. The molecule has 0 N–H and O–H groups in total. The Labute approximate surface area is 141 Å². The Hall–Kier alpha value is -2.43. The smallest absolute Gasteiger partial charge is 0.254 e. The van der Waals surface area contributed by atoms with Gasteiger partial charge in [0.2, 0.25) is 5.91 Å². The Kier molecular flexibility index (Phi) is 4.79.